The highest BCUT2D eigenvalue weighted by atomic mass is 16.2. The van der Waals surface area contributed by atoms with Gasteiger partial charge in [0.1, 0.15) is 0 Å². The van der Waals surface area contributed by atoms with Crippen LogP contribution in [0.3, 0.4) is 0 Å². The molecule has 2 saturated heterocycles. The molecule has 2 amide bonds. The van der Waals surface area contributed by atoms with Gasteiger partial charge in [-0.05, 0) is 56.7 Å². The van der Waals surface area contributed by atoms with E-state index < -0.39 is 0 Å². The molecule has 140 valence electrons. The van der Waals surface area contributed by atoms with Gasteiger partial charge < -0.3 is 10.2 Å². The normalized spacial score (nSPS) is 26.6. The van der Waals surface area contributed by atoms with Crippen LogP contribution in [0.4, 0.5) is 11.4 Å². The number of hydrogen-bond acceptors (Lipinski definition) is 3. The smallest absolute Gasteiger partial charge is 0.238 e. The van der Waals surface area contributed by atoms with Crippen molar-refractivity contribution in [1.82, 2.24) is 4.90 Å². The van der Waals surface area contributed by atoms with Gasteiger partial charge in [0.05, 0.1) is 17.9 Å². The van der Waals surface area contributed by atoms with E-state index in [-0.39, 0.29) is 11.8 Å². The summed E-state index contributed by atoms with van der Waals surface area (Å²) in [5.41, 5.74) is 1.59. The number of anilines is 2. The molecule has 1 aromatic rings. The van der Waals surface area contributed by atoms with Crippen LogP contribution in [0.2, 0.25) is 0 Å². The second kappa shape index (κ2) is 7.78. The second-order valence-corrected chi connectivity index (χ2v) is 7.94. The molecule has 3 fully saturated rings. The Morgan fingerprint density at radius 2 is 1.85 bits per heavy atom. The van der Waals surface area contributed by atoms with E-state index in [2.05, 4.69) is 10.2 Å². The second-order valence-electron chi connectivity index (χ2n) is 7.94. The summed E-state index contributed by atoms with van der Waals surface area (Å²) in [4.78, 5) is 29.0. The fourth-order valence-electron chi connectivity index (χ4n) is 5.02. The lowest BCUT2D eigenvalue weighted by Crippen LogP contribution is -2.49. The van der Waals surface area contributed by atoms with Crippen LogP contribution in [0.1, 0.15) is 51.4 Å². The van der Waals surface area contributed by atoms with Crippen LogP contribution in [0, 0.1) is 5.92 Å². The lowest BCUT2D eigenvalue weighted by Gasteiger charge is -2.43. The molecule has 2 atom stereocenters. The number of benzene rings is 1. The standard InChI is InChI=1S/C21H29N3O2/c25-20(15-23-13-5-8-16-7-1-3-10-18(16)23)22-17-9-2-4-11-19(17)24-14-6-12-21(24)26/h2,4,9,11,16,18H,1,3,5-8,10,12-15H2,(H,22,25). The molecule has 1 aliphatic carbocycles. The first-order valence-electron chi connectivity index (χ1n) is 10.2. The summed E-state index contributed by atoms with van der Waals surface area (Å²) in [6.45, 7) is 2.23. The zero-order valence-corrected chi connectivity index (χ0v) is 15.5. The summed E-state index contributed by atoms with van der Waals surface area (Å²) < 4.78 is 0. The number of hydrogen-bond donors (Lipinski definition) is 1. The predicted molar refractivity (Wildman–Crippen MR) is 103 cm³/mol. The topological polar surface area (TPSA) is 52.7 Å². The van der Waals surface area contributed by atoms with Gasteiger partial charge in [-0.1, -0.05) is 25.0 Å². The molecule has 1 saturated carbocycles. The highest BCUT2D eigenvalue weighted by molar-refractivity contribution is 6.02. The van der Waals surface area contributed by atoms with Crippen molar-refractivity contribution >= 4 is 23.2 Å². The third-order valence-electron chi connectivity index (χ3n) is 6.25. The van der Waals surface area contributed by atoms with Gasteiger partial charge >= 0.3 is 0 Å². The van der Waals surface area contributed by atoms with Gasteiger partial charge in [-0.2, -0.15) is 0 Å². The van der Waals surface area contributed by atoms with Gasteiger partial charge in [-0.15, -0.1) is 0 Å². The minimum absolute atomic E-state index is 0.0373. The van der Waals surface area contributed by atoms with Crippen molar-refractivity contribution in [3.63, 3.8) is 0 Å². The maximum atomic E-state index is 12.7. The number of piperidine rings is 1. The first kappa shape index (κ1) is 17.5. The SMILES string of the molecule is O=C(CN1CCCC2CCCCC21)Nc1ccccc1N1CCCC1=O. The summed E-state index contributed by atoms with van der Waals surface area (Å²) in [5, 5.41) is 3.08. The fraction of sp³-hybridized carbons (Fsp3) is 0.619. The van der Waals surface area contributed by atoms with E-state index in [9.17, 15) is 9.59 Å². The summed E-state index contributed by atoms with van der Waals surface area (Å²) in [6.07, 6.45) is 9.20. The van der Waals surface area contributed by atoms with Crippen LogP contribution < -0.4 is 10.2 Å². The monoisotopic (exact) mass is 355 g/mol. The van der Waals surface area contributed by atoms with Crippen molar-refractivity contribution in [2.45, 2.75) is 57.4 Å². The van der Waals surface area contributed by atoms with Crippen molar-refractivity contribution in [1.29, 1.82) is 0 Å². The summed E-state index contributed by atoms with van der Waals surface area (Å²) >= 11 is 0. The van der Waals surface area contributed by atoms with Gasteiger partial charge in [0.25, 0.3) is 0 Å². The third-order valence-corrected chi connectivity index (χ3v) is 6.25. The first-order valence-corrected chi connectivity index (χ1v) is 10.2. The Kier molecular flexibility index (Phi) is 5.25. The number of amides is 2. The molecule has 26 heavy (non-hydrogen) atoms. The van der Waals surface area contributed by atoms with E-state index in [1.807, 2.05) is 24.3 Å². The number of nitrogens with zero attached hydrogens (tertiary/aromatic N) is 2. The molecule has 3 aliphatic rings. The average Bonchev–Trinajstić information content (AvgIpc) is 3.08. The zero-order chi connectivity index (χ0) is 17.9. The Labute approximate surface area is 155 Å². The van der Waals surface area contributed by atoms with Crippen molar-refractivity contribution in [2.75, 3.05) is 29.9 Å². The Morgan fingerprint density at radius 1 is 1.04 bits per heavy atom. The van der Waals surface area contributed by atoms with Gasteiger partial charge in [0, 0.05) is 19.0 Å². The number of rotatable bonds is 4. The van der Waals surface area contributed by atoms with Gasteiger partial charge in [-0.3, -0.25) is 14.5 Å². The Hall–Kier alpha value is -1.88. The van der Waals surface area contributed by atoms with E-state index in [1.54, 1.807) is 4.90 Å². The van der Waals surface area contributed by atoms with Crippen molar-refractivity contribution in [3.05, 3.63) is 24.3 Å². The van der Waals surface area contributed by atoms with Crippen molar-refractivity contribution in [2.24, 2.45) is 5.92 Å². The van der Waals surface area contributed by atoms with E-state index in [4.69, 9.17) is 0 Å². The lowest BCUT2D eigenvalue weighted by atomic mass is 9.78. The minimum Gasteiger partial charge on any atom is -0.323 e. The molecule has 1 aromatic carbocycles. The molecule has 2 unspecified atom stereocenters. The molecular weight excluding hydrogens is 326 g/mol. The van der Waals surface area contributed by atoms with Crippen LogP contribution >= 0.6 is 0 Å². The average molecular weight is 355 g/mol. The molecule has 2 heterocycles. The predicted octanol–water partition coefficient (Wildman–Crippen LogP) is 3.41. The van der Waals surface area contributed by atoms with Crippen LogP contribution in [0.5, 0.6) is 0 Å². The third kappa shape index (κ3) is 3.63. The highest BCUT2D eigenvalue weighted by Gasteiger charge is 2.34. The van der Waals surface area contributed by atoms with E-state index in [0.29, 0.717) is 19.0 Å². The first-order chi connectivity index (χ1) is 12.7. The lowest BCUT2D eigenvalue weighted by molar-refractivity contribution is -0.119. The molecule has 0 radical (unpaired) electrons. The molecule has 0 aromatic heterocycles. The summed E-state index contributed by atoms with van der Waals surface area (Å²) in [5.74, 6) is 0.961. The summed E-state index contributed by atoms with van der Waals surface area (Å²) in [6, 6.07) is 8.25. The number of nitrogens with one attached hydrogen (secondary N) is 1. The minimum atomic E-state index is 0.0373. The van der Waals surface area contributed by atoms with Crippen LogP contribution in [0.25, 0.3) is 0 Å². The number of likely N-dealkylation sites (tertiary alicyclic amines) is 1. The van der Waals surface area contributed by atoms with E-state index >= 15 is 0 Å². The van der Waals surface area contributed by atoms with E-state index in [1.165, 1.54) is 38.5 Å². The molecule has 0 bridgehead atoms. The van der Waals surface area contributed by atoms with Crippen molar-refractivity contribution in [3.8, 4) is 0 Å². The van der Waals surface area contributed by atoms with Crippen LogP contribution in [-0.2, 0) is 9.59 Å². The number of carbonyl (C=O) groups excluding carboxylic acids is 2. The number of carbonyl (C=O) groups is 2. The maximum Gasteiger partial charge on any atom is 0.238 e. The molecule has 4 rings (SSSR count). The van der Waals surface area contributed by atoms with Crippen LogP contribution in [-0.4, -0.2) is 42.4 Å². The summed E-state index contributed by atoms with van der Waals surface area (Å²) in [7, 11) is 0. The Bertz CT molecular complexity index is 673. The maximum absolute atomic E-state index is 12.7. The van der Waals surface area contributed by atoms with Gasteiger partial charge in [0.2, 0.25) is 11.8 Å². The molecular formula is C21H29N3O2. The van der Waals surface area contributed by atoms with Crippen molar-refractivity contribution < 1.29 is 9.59 Å². The quantitative estimate of drug-likeness (QED) is 0.900. The Balaban J connectivity index is 1.43. The highest BCUT2D eigenvalue weighted by Crippen LogP contribution is 2.35. The van der Waals surface area contributed by atoms with Gasteiger partial charge in [-0.25, -0.2) is 0 Å². The van der Waals surface area contributed by atoms with E-state index in [0.717, 1.165) is 36.8 Å². The van der Waals surface area contributed by atoms with Gasteiger partial charge in [0.15, 0.2) is 0 Å². The molecule has 5 heteroatoms. The molecule has 5 nitrogen and oxygen atoms in total. The number of para-hydroxylation sites is 2. The molecule has 1 N–H and O–H groups in total. The number of fused-ring (bicyclic) bond motifs is 1. The largest absolute Gasteiger partial charge is 0.323 e. The molecule has 0 spiro atoms. The zero-order valence-electron chi connectivity index (χ0n) is 15.5. The molecule has 2 aliphatic heterocycles. The van der Waals surface area contributed by atoms with Crippen LogP contribution in [0.15, 0.2) is 24.3 Å². The fourth-order valence-corrected chi connectivity index (χ4v) is 5.02. The Morgan fingerprint density at radius 3 is 2.69 bits per heavy atom.